The molecule has 0 atom stereocenters. The van der Waals surface area contributed by atoms with Gasteiger partial charge in [0.25, 0.3) is 0 Å². The smallest absolute Gasteiger partial charge is 0.246 e. The Morgan fingerprint density at radius 2 is 2.19 bits per heavy atom. The van der Waals surface area contributed by atoms with E-state index in [9.17, 15) is 9.59 Å². The fourth-order valence-electron chi connectivity index (χ4n) is 2.38. The Balaban J connectivity index is 1.74. The minimum Gasteiger partial charge on any atom is -0.303 e. The zero-order valence-electron chi connectivity index (χ0n) is 11.6. The zero-order chi connectivity index (χ0) is 14.8. The normalized spacial score (nSPS) is 14.0. The van der Waals surface area contributed by atoms with Gasteiger partial charge in [0, 0.05) is 17.5 Å². The molecule has 0 saturated carbocycles. The Labute approximate surface area is 126 Å². The van der Waals surface area contributed by atoms with E-state index in [1.165, 1.54) is 11.3 Å². The number of amides is 2. The Kier molecular flexibility index (Phi) is 3.70. The second-order valence-electron chi connectivity index (χ2n) is 4.95. The number of hydrogen-bond donors (Lipinski definition) is 1. The lowest BCUT2D eigenvalue weighted by Gasteiger charge is -2.28. The van der Waals surface area contributed by atoms with Crippen molar-refractivity contribution < 1.29 is 9.59 Å². The molecule has 1 N–H and O–H groups in total. The van der Waals surface area contributed by atoms with Crippen LogP contribution in [0, 0.1) is 6.92 Å². The molecule has 0 fully saturated rings. The van der Waals surface area contributed by atoms with Crippen LogP contribution in [-0.4, -0.2) is 23.3 Å². The van der Waals surface area contributed by atoms with Crippen molar-refractivity contribution in [2.75, 3.05) is 16.8 Å². The minimum absolute atomic E-state index is 0.0147. The summed E-state index contributed by atoms with van der Waals surface area (Å²) >= 11 is 1.38. The Bertz CT molecular complexity index is 696. The summed E-state index contributed by atoms with van der Waals surface area (Å²) in [7, 11) is 0. The van der Waals surface area contributed by atoms with Gasteiger partial charge in [0.05, 0.1) is 5.69 Å². The Hall–Kier alpha value is -2.21. The van der Waals surface area contributed by atoms with Crippen molar-refractivity contribution in [1.29, 1.82) is 0 Å². The standard InChI is InChI=1S/C15H15N3O2S/c1-10-9-21-15(16-10)17-13(19)8-18-12-5-3-2-4-11(12)6-7-14(18)20/h2-5,9H,6-8H2,1H3,(H,16,17,19). The predicted molar refractivity (Wildman–Crippen MR) is 82.6 cm³/mol. The third-order valence-electron chi connectivity index (χ3n) is 3.36. The highest BCUT2D eigenvalue weighted by molar-refractivity contribution is 7.13. The number of fused-ring (bicyclic) bond motifs is 1. The number of aromatic nitrogens is 1. The summed E-state index contributed by atoms with van der Waals surface area (Å²) in [5, 5.41) is 5.17. The van der Waals surface area contributed by atoms with Crippen LogP contribution in [0.4, 0.5) is 10.8 Å². The maximum Gasteiger partial charge on any atom is 0.246 e. The van der Waals surface area contributed by atoms with Crippen molar-refractivity contribution in [1.82, 2.24) is 4.98 Å². The second-order valence-corrected chi connectivity index (χ2v) is 5.81. The van der Waals surface area contributed by atoms with Gasteiger partial charge >= 0.3 is 0 Å². The fourth-order valence-corrected chi connectivity index (χ4v) is 3.09. The van der Waals surface area contributed by atoms with Crippen LogP contribution in [0.1, 0.15) is 17.7 Å². The lowest BCUT2D eigenvalue weighted by molar-refractivity contribution is -0.121. The molecule has 1 aliphatic rings. The summed E-state index contributed by atoms with van der Waals surface area (Å²) in [5.74, 6) is -0.242. The van der Waals surface area contributed by atoms with Gasteiger partial charge in [-0.3, -0.25) is 9.59 Å². The van der Waals surface area contributed by atoms with Gasteiger partial charge in [-0.2, -0.15) is 0 Å². The maximum atomic E-state index is 12.1. The summed E-state index contributed by atoms with van der Waals surface area (Å²) in [5.41, 5.74) is 2.81. The first kappa shape index (κ1) is 13.8. The second kappa shape index (κ2) is 5.65. The van der Waals surface area contributed by atoms with E-state index >= 15 is 0 Å². The zero-order valence-corrected chi connectivity index (χ0v) is 12.4. The van der Waals surface area contributed by atoms with Crippen LogP contribution in [0.25, 0.3) is 0 Å². The summed E-state index contributed by atoms with van der Waals surface area (Å²) in [6, 6.07) is 7.71. The number of aryl methyl sites for hydroxylation is 2. The molecule has 0 bridgehead atoms. The van der Waals surface area contributed by atoms with Gasteiger partial charge in [-0.1, -0.05) is 18.2 Å². The molecule has 3 rings (SSSR count). The van der Waals surface area contributed by atoms with E-state index in [4.69, 9.17) is 0 Å². The lowest BCUT2D eigenvalue weighted by Crippen LogP contribution is -2.40. The molecule has 0 saturated heterocycles. The van der Waals surface area contributed by atoms with Gasteiger partial charge in [0.2, 0.25) is 11.8 Å². The molecular formula is C15H15N3O2S. The molecule has 5 nitrogen and oxygen atoms in total. The number of nitrogens with zero attached hydrogens (tertiary/aromatic N) is 2. The lowest BCUT2D eigenvalue weighted by atomic mass is 10.0. The van der Waals surface area contributed by atoms with Gasteiger partial charge < -0.3 is 10.2 Å². The SMILES string of the molecule is Cc1csc(NC(=O)CN2C(=O)CCc3ccccc32)n1. The molecular weight excluding hydrogens is 286 g/mol. The number of para-hydroxylation sites is 1. The van der Waals surface area contributed by atoms with Gasteiger partial charge in [0.15, 0.2) is 5.13 Å². The van der Waals surface area contributed by atoms with E-state index in [0.29, 0.717) is 11.6 Å². The third-order valence-corrected chi connectivity index (χ3v) is 4.23. The fraction of sp³-hybridized carbons (Fsp3) is 0.267. The molecule has 1 aliphatic heterocycles. The quantitative estimate of drug-likeness (QED) is 0.946. The summed E-state index contributed by atoms with van der Waals surface area (Å²) in [6.45, 7) is 1.89. The third kappa shape index (κ3) is 2.95. The molecule has 1 aromatic carbocycles. The molecule has 108 valence electrons. The van der Waals surface area contributed by atoms with Crippen molar-refractivity contribution in [2.24, 2.45) is 0 Å². The van der Waals surface area contributed by atoms with E-state index in [1.54, 1.807) is 4.90 Å². The summed E-state index contributed by atoms with van der Waals surface area (Å²) < 4.78 is 0. The molecule has 2 heterocycles. The number of benzene rings is 1. The summed E-state index contributed by atoms with van der Waals surface area (Å²) in [4.78, 5) is 29.9. The first-order valence-electron chi connectivity index (χ1n) is 6.74. The first-order valence-corrected chi connectivity index (χ1v) is 7.62. The van der Waals surface area contributed by atoms with Crippen molar-refractivity contribution in [3.63, 3.8) is 0 Å². The van der Waals surface area contributed by atoms with Crippen molar-refractivity contribution >= 4 is 34.0 Å². The number of nitrogens with one attached hydrogen (secondary N) is 1. The first-order chi connectivity index (χ1) is 10.1. The molecule has 0 unspecified atom stereocenters. The van der Waals surface area contributed by atoms with E-state index in [1.807, 2.05) is 36.6 Å². The van der Waals surface area contributed by atoms with E-state index in [2.05, 4.69) is 10.3 Å². The molecule has 2 amide bonds. The van der Waals surface area contributed by atoms with Crippen LogP contribution in [0.3, 0.4) is 0 Å². The molecule has 0 spiro atoms. The number of hydrogen-bond acceptors (Lipinski definition) is 4. The van der Waals surface area contributed by atoms with Crippen LogP contribution >= 0.6 is 11.3 Å². The Morgan fingerprint density at radius 1 is 1.38 bits per heavy atom. The highest BCUT2D eigenvalue weighted by Gasteiger charge is 2.25. The number of rotatable bonds is 3. The van der Waals surface area contributed by atoms with Crippen LogP contribution in [0.5, 0.6) is 0 Å². The predicted octanol–water partition coefficient (Wildman–Crippen LogP) is 2.37. The van der Waals surface area contributed by atoms with Crippen LogP contribution in [-0.2, 0) is 16.0 Å². The number of carbonyl (C=O) groups is 2. The van der Waals surface area contributed by atoms with E-state index < -0.39 is 0 Å². The van der Waals surface area contributed by atoms with Gasteiger partial charge in [-0.15, -0.1) is 11.3 Å². The average molecular weight is 301 g/mol. The maximum absolute atomic E-state index is 12.1. The average Bonchev–Trinajstić information content (AvgIpc) is 2.87. The van der Waals surface area contributed by atoms with E-state index in [0.717, 1.165) is 23.4 Å². The highest BCUT2D eigenvalue weighted by Crippen LogP contribution is 2.27. The number of anilines is 2. The van der Waals surface area contributed by atoms with Crippen LogP contribution in [0.2, 0.25) is 0 Å². The van der Waals surface area contributed by atoms with Crippen molar-refractivity contribution in [2.45, 2.75) is 19.8 Å². The molecule has 2 aromatic rings. The molecule has 0 radical (unpaired) electrons. The summed E-state index contributed by atoms with van der Waals surface area (Å²) in [6.07, 6.45) is 1.18. The van der Waals surface area contributed by atoms with Crippen molar-refractivity contribution in [3.8, 4) is 0 Å². The topological polar surface area (TPSA) is 62.3 Å². The highest BCUT2D eigenvalue weighted by atomic mass is 32.1. The largest absolute Gasteiger partial charge is 0.303 e. The van der Waals surface area contributed by atoms with Crippen LogP contribution in [0.15, 0.2) is 29.6 Å². The van der Waals surface area contributed by atoms with Gasteiger partial charge in [-0.05, 0) is 25.0 Å². The van der Waals surface area contributed by atoms with Gasteiger partial charge in [0.1, 0.15) is 6.54 Å². The minimum atomic E-state index is -0.227. The number of carbonyl (C=O) groups excluding carboxylic acids is 2. The molecule has 0 aliphatic carbocycles. The number of thiazole rings is 1. The molecule has 21 heavy (non-hydrogen) atoms. The van der Waals surface area contributed by atoms with E-state index in [-0.39, 0.29) is 18.4 Å². The van der Waals surface area contributed by atoms with Gasteiger partial charge in [-0.25, -0.2) is 4.98 Å². The van der Waals surface area contributed by atoms with Crippen molar-refractivity contribution in [3.05, 3.63) is 40.9 Å². The Morgan fingerprint density at radius 3 is 2.95 bits per heavy atom. The monoisotopic (exact) mass is 301 g/mol. The molecule has 1 aromatic heterocycles. The molecule has 6 heteroatoms. The van der Waals surface area contributed by atoms with Crippen LogP contribution < -0.4 is 10.2 Å².